The SMILES string of the molecule is Cc1ccccc1Cn1nnc2sc3c(c2c1=O)CC[C@@H](C)C3. The monoisotopic (exact) mass is 325 g/mol. The third-order valence-electron chi connectivity index (χ3n) is 4.77. The van der Waals surface area contributed by atoms with Crippen LogP contribution in [0.3, 0.4) is 0 Å². The molecule has 0 amide bonds. The van der Waals surface area contributed by atoms with E-state index in [2.05, 4.69) is 30.2 Å². The lowest BCUT2D eigenvalue weighted by atomic mass is 9.89. The molecule has 1 aliphatic carbocycles. The van der Waals surface area contributed by atoms with Crippen LogP contribution in [0, 0.1) is 12.8 Å². The van der Waals surface area contributed by atoms with E-state index >= 15 is 0 Å². The predicted octanol–water partition coefficient (Wildman–Crippen LogP) is 3.33. The Hall–Kier alpha value is -2.01. The molecule has 1 aliphatic rings. The molecule has 0 saturated heterocycles. The zero-order valence-corrected chi connectivity index (χ0v) is 14.2. The van der Waals surface area contributed by atoms with Crippen LogP contribution in [-0.4, -0.2) is 15.0 Å². The minimum Gasteiger partial charge on any atom is -0.267 e. The van der Waals surface area contributed by atoms with Gasteiger partial charge in [-0.25, -0.2) is 4.68 Å². The molecule has 0 bridgehead atoms. The van der Waals surface area contributed by atoms with Crippen LogP contribution in [0.5, 0.6) is 0 Å². The lowest BCUT2D eigenvalue weighted by molar-refractivity contribution is 0.508. The summed E-state index contributed by atoms with van der Waals surface area (Å²) in [6.07, 6.45) is 3.20. The van der Waals surface area contributed by atoms with Crippen LogP contribution in [-0.2, 0) is 19.4 Å². The van der Waals surface area contributed by atoms with Gasteiger partial charge in [-0.2, -0.15) is 0 Å². The maximum atomic E-state index is 12.9. The van der Waals surface area contributed by atoms with Crippen LogP contribution < -0.4 is 5.56 Å². The van der Waals surface area contributed by atoms with Crippen molar-refractivity contribution in [3.05, 3.63) is 56.2 Å². The molecule has 4 nitrogen and oxygen atoms in total. The minimum absolute atomic E-state index is 0.00491. The first-order valence-corrected chi connectivity index (χ1v) is 8.87. The van der Waals surface area contributed by atoms with Gasteiger partial charge in [0.25, 0.3) is 5.56 Å². The van der Waals surface area contributed by atoms with E-state index in [4.69, 9.17) is 0 Å². The maximum absolute atomic E-state index is 12.9. The highest BCUT2D eigenvalue weighted by atomic mass is 32.1. The zero-order valence-electron chi connectivity index (χ0n) is 13.4. The Kier molecular flexibility index (Phi) is 3.53. The molecule has 0 spiro atoms. The Morgan fingerprint density at radius 1 is 1.35 bits per heavy atom. The van der Waals surface area contributed by atoms with Crippen LogP contribution >= 0.6 is 11.3 Å². The van der Waals surface area contributed by atoms with Gasteiger partial charge in [0.15, 0.2) is 4.83 Å². The van der Waals surface area contributed by atoms with Gasteiger partial charge < -0.3 is 0 Å². The summed E-state index contributed by atoms with van der Waals surface area (Å²) in [5.74, 6) is 0.692. The highest BCUT2D eigenvalue weighted by Crippen LogP contribution is 2.35. The molecule has 1 atom stereocenters. The van der Waals surface area contributed by atoms with E-state index in [9.17, 15) is 4.79 Å². The van der Waals surface area contributed by atoms with E-state index in [1.54, 1.807) is 11.3 Å². The Morgan fingerprint density at radius 3 is 3.00 bits per heavy atom. The fraction of sp³-hybridized carbons (Fsp3) is 0.389. The van der Waals surface area contributed by atoms with E-state index < -0.39 is 0 Å². The molecular formula is C18H19N3OS. The minimum atomic E-state index is 0.00491. The van der Waals surface area contributed by atoms with Gasteiger partial charge in [0.05, 0.1) is 11.9 Å². The molecular weight excluding hydrogens is 306 g/mol. The molecule has 0 unspecified atom stereocenters. The number of fused-ring (bicyclic) bond motifs is 3. The third kappa shape index (κ3) is 2.49. The molecule has 23 heavy (non-hydrogen) atoms. The van der Waals surface area contributed by atoms with Crippen LogP contribution in [0.4, 0.5) is 0 Å². The van der Waals surface area contributed by atoms with Crippen molar-refractivity contribution in [3.63, 3.8) is 0 Å². The van der Waals surface area contributed by atoms with Crippen molar-refractivity contribution in [2.24, 2.45) is 5.92 Å². The number of benzene rings is 1. The Bertz CT molecular complexity index is 941. The average molecular weight is 325 g/mol. The molecule has 5 heteroatoms. The first-order chi connectivity index (χ1) is 11.1. The Morgan fingerprint density at radius 2 is 2.17 bits per heavy atom. The van der Waals surface area contributed by atoms with Gasteiger partial charge in [-0.1, -0.05) is 36.4 Å². The number of aromatic nitrogens is 3. The summed E-state index contributed by atoms with van der Waals surface area (Å²) >= 11 is 1.65. The highest BCUT2D eigenvalue weighted by Gasteiger charge is 2.23. The first kappa shape index (κ1) is 14.6. The average Bonchev–Trinajstić information content (AvgIpc) is 2.90. The van der Waals surface area contributed by atoms with Gasteiger partial charge in [-0.05, 0) is 48.8 Å². The summed E-state index contributed by atoms with van der Waals surface area (Å²) in [7, 11) is 0. The number of rotatable bonds is 2. The summed E-state index contributed by atoms with van der Waals surface area (Å²) in [5, 5.41) is 9.31. The standard InChI is InChI=1S/C18H19N3OS/c1-11-7-8-14-15(9-11)23-17-16(14)18(22)21(20-19-17)10-13-6-4-3-5-12(13)2/h3-6,11H,7-10H2,1-2H3/t11-/m1/s1. The normalized spacial score (nSPS) is 17.4. The molecule has 0 radical (unpaired) electrons. The van der Waals surface area contributed by atoms with Crippen molar-refractivity contribution in [1.29, 1.82) is 0 Å². The van der Waals surface area contributed by atoms with Crippen molar-refractivity contribution in [2.75, 3.05) is 0 Å². The molecule has 0 N–H and O–H groups in total. The smallest absolute Gasteiger partial charge is 0.267 e. The molecule has 0 saturated carbocycles. The van der Waals surface area contributed by atoms with E-state index in [0.717, 1.165) is 35.0 Å². The fourth-order valence-corrected chi connectivity index (χ4v) is 4.66. The summed E-state index contributed by atoms with van der Waals surface area (Å²) in [5.41, 5.74) is 3.51. The molecule has 1 aromatic carbocycles. The van der Waals surface area contributed by atoms with Crippen LogP contribution in [0.2, 0.25) is 0 Å². The Balaban J connectivity index is 1.82. The van der Waals surface area contributed by atoms with Crippen LogP contribution in [0.25, 0.3) is 10.2 Å². The van der Waals surface area contributed by atoms with E-state index in [1.807, 2.05) is 18.2 Å². The third-order valence-corrected chi connectivity index (χ3v) is 5.90. The number of aryl methyl sites for hydroxylation is 2. The van der Waals surface area contributed by atoms with Crippen molar-refractivity contribution >= 4 is 21.6 Å². The highest BCUT2D eigenvalue weighted by molar-refractivity contribution is 7.18. The zero-order chi connectivity index (χ0) is 16.0. The van der Waals surface area contributed by atoms with Gasteiger partial charge in [-0.3, -0.25) is 4.79 Å². The molecule has 0 aliphatic heterocycles. The molecule has 2 aromatic heterocycles. The van der Waals surface area contributed by atoms with Crippen molar-refractivity contribution in [2.45, 2.75) is 39.7 Å². The molecule has 118 valence electrons. The number of hydrogen-bond donors (Lipinski definition) is 0. The second kappa shape index (κ2) is 5.57. The van der Waals surface area contributed by atoms with Gasteiger partial charge in [-0.15, -0.1) is 16.4 Å². The van der Waals surface area contributed by atoms with E-state index in [1.165, 1.54) is 20.7 Å². The first-order valence-electron chi connectivity index (χ1n) is 8.06. The number of thiophene rings is 1. The lowest BCUT2D eigenvalue weighted by Crippen LogP contribution is -2.25. The second-order valence-electron chi connectivity index (χ2n) is 6.51. The molecule has 2 heterocycles. The van der Waals surface area contributed by atoms with Crippen LogP contribution in [0.15, 0.2) is 29.1 Å². The summed E-state index contributed by atoms with van der Waals surface area (Å²) in [6.45, 7) is 4.81. The topological polar surface area (TPSA) is 47.8 Å². The molecule has 0 fully saturated rings. The van der Waals surface area contributed by atoms with Gasteiger partial charge in [0.1, 0.15) is 0 Å². The maximum Gasteiger partial charge on any atom is 0.279 e. The lowest BCUT2D eigenvalue weighted by Gasteiger charge is -2.17. The van der Waals surface area contributed by atoms with Gasteiger partial charge in [0.2, 0.25) is 0 Å². The summed E-state index contributed by atoms with van der Waals surface area (Å²) in [4.78, 5) is 15.1. The molecule has 3 aromatic rings. The van der Waals surface area contributed by atoms with Crippen molar-refractivity contribution in [3.8, 4) is 0 Å². The van der Waals surface area contributed by atoms with Gasteiger partial charge >= 0.3 is 0 Å². The number of nitrogens with zero attached hydrogens (tertiary/aromatic N) is 3. The predicted molar refractivity (Wildman–Crippen MR) is 93.1 cm³/mol. The van der Waals surface area contributed by atoms with E-state index in [-0.39, 0.29) is 5.56 Å². The fourth-order valence-electron chi connectivity index (χ4n) is 3.34. The quantitative estimate of drug-likeness (QED) is 0.726. The Labute approximate surface area is 138 Å². The largest absolute Gasteiger partial charge is 0.279 e. The van der Waals surface area contributed by atoms with Crippen LogP contribution in [0.1, 0.15) is 34.9 Å². The number of hydrogen-bond acceptors (Lipinski definition) is 4. The second-order valence-corrected chi connectivity index (χ2v) is 7.59. The van der Waals surface area contributed by atoms with Crippen molar-refractivity contribution < 1.29 is 0 Å². The van der Waals surface area contributed by atoms with E-state index in [0.29, 0.717) is 12.5 Å². The summed E-state index contributed by atoms with van der Waals surface area (Å²) in [6, 6.07) is 8.10. The summed E-state index contributed by atoms with van der Waals surface area (Å²) < 4.78 is 1.51. The molecule has 4 rings (SSSR count). The van der Waals surface area contributed by atoms with Gasteiger partial charge in [0, 0.05) is 4.88 Å². The van der Waals surface area contributed by atoms with Crippen molar-refractivity contribution in [1.82, 2.24) is 15.0 Å².